The summed E-state index contributed by atoms with van der Waals surface area (Å²) in [6, 6.07) is 2.25. The molecule has 0 bridgehead atoms. The highest BCUT2D eigenvalue weighted by Gasteiger charge is 2.25. The zero-order chi connectivity index (χ0) is 21.8. The molecule has 0 N–H and O–H groups in total. The molecule has 7 nitrogen and oxygen atoms in total. The Labute approximate surface area is 169 Å². The third-order valence-corrected chi connectivity index (χ3v) is 4.36. The third kappa shape index (κ3) is 5.79. The van der Waals surface area contributed by atoms with E-state index < -0.39 is 23.4 Å². The van der Waals surface area contributed by atoms with Crippen molar-refractivity contribution in [3.05, 3.63) is 40.2 Å². The maximum Gasteiger partial charge on any atom is 0.410 e. The van der Waals surface area contributed by atoms with Gasteiger partial charge in [-0.3, -0.25) is 0 Å². The molecule has 0 unspecified atom stereocenters. The van der Waals surface area contributed by atoms with Crippen molar-refractivity contribution in [1.82, 2.24) is 4.90 Å². The van der Waals surface area contributed by atoms with Crippen LogP contribution in [0.3, 0.4) is 0 Å². The highest BCUT2D eigenvalue weighted by molar-refractivity contribution is 6.03. The number of piperidine rings is 1. The van der Waals surface area contributed by atoms with Gasteiger partial charge in [0.1, 0.15) is 11.4 Å². The quantitative estimate of drug-likeness (QED) is 0.560. The van der Waals surface area contributed by atoms with Gasteiger partial charge >= 0.3 is 18.0 Å². The third-order valence-electron chi connectivity index (χ3n) is 4.36. The van der Waals surface area contributed by atoms with Gasteiger partial charge in [-0.05, 0) is 45.7 Å². The van der Waals surface area contributed by atoms with Crippen molar-refractivity contribution < 1.29 is 33.0 Å². The predicted molar refractivity (Wildman–Crippen MR) is 104 cm³/mol. The number of nitrogens with zero attached hydrogens (tertiary/aromatic N) is 1. The SMILES string of the molecule is COC(=O)c1cc(F)c(C=C2CCN(C(=O)OC(C)(C)C)CC2)cc1C(=O)OC. The van der Waals surface area contributed by atoms with Crippen LogP contribution in [0.2, 0.25) is 0 Å². The average molecular weight is 407 g/mol. The fourth-order valence-corrected chi connectivity index (χ4v) is 2.93. The van der Waals surface area contributed by atoms with E-state index >= 15 is 0 Å². The van der Waals surface area contributed by atoms with Crippen LogP contribution < -0.4 is 0 Å². The topological polar surface area (TPSA) is 82.1 Å². The molecular formula is C21H26FNO6. The summed E-state index contributed by atoms with van der Waals surface area (Å²) in [5.74, 6) is -2.24. The Balaban J connectivity index is 2.21. The van der Waals surface area contributed by atoms with Crippen molar-refractivity contribution in [3.63, 3.8) is 0 Å². The van der Waals surface area contributed by atoms with Gasteiger partial charge in [0.15, 0.2) is 0 Å². The van der Waals surface area contributed by atoms with E-state index in [0.29, 0.717) is 25.9 Å². The van der Waals surface area contributed by atoms with Crippen LogP contribution in [0.25, 0.3) is 6.08 Å². The lowest BCUT2D eigenvalue weighted by Gasteiger charge is -2.31. The molecule has 0 aliphatic carbocycles. The number of rotatable bonds is 3. The lowest BCUT2D eigenvalue weighted by atomic mass is 9.98. The largest absolute Gasteiger partial charge is 0.465 e. The van der Waals surface area contributed by atoms with Crippen molar-refractivity contribution in [2.45, 2.75) is 39.2 Å². The summed E-state index contributed by atoms with van der Waals surface area (Å²) in [7, 11) is 2.33. The molecule has 0 saturated carbocycles. The Kier molecular flexibility index (Phi) is 7.00. The number of ether oxygens (including phenoxy) is 3. The number of benzene rings is 1. The lowest BCUT2D eigenvalue weighted by Crippen LogP contribution is -2.40. The molecule has 1 amide bonds. The molecule has 0 atom stereocenters. The first-order valence-corrected chi connectivity index (χ1v) is 9.23. The first-order chi connectivity index (χ1) is 13.6. The standard InChI is InChI=1S/C21H26FNO6/c1-21(2,3)29-20(26)23-8-6-13(7-9-23)10-14-11-15(18(24)27-4)16(12-17(14)22)19(25)28-5/h10-12H,6-9H2,1-5H3. The van der Waals surface area contributed by atoms with Crippen LogP contribution in [0.5, 0.6) is 0 Å². The molecule has 2 rings (SSSR count). The number of esters is 2. The van der Waals surface area contributed by atoms with Gasteiger partial charge in [0.25, 0.3) is 0 Å². The maximum atomic E-state index is 14.6. The van der Waals surface area contributed by atoms with Crippen molar-refractivity contribution >= 4 is 24.1 Å². The van der Waals surface area contributed by atoms with Crippen LogP contribution in [0.4, 0.5) is 9.18 Å². The zero-order valence-corrected chi connectivity index (χ0v) is 17.3. The fraction of sp³-hybridized carbons (Fsp3) is 0.476. The minimum absolute atomic E-state index is 0.0706. The summed E-state index contributed by atoms with van der Waals surface area (Å²) in [5, 5.41) is 0. The van der Waals surface area contributed by atoms with Crippen molar-refractivity contribution in [3.8, 4) is 0 Å². The van der Waals surface area contributed by atoms with Crippen molar-refractivity contribution in [1.29, 1.82) is 0 Å². The van der Waals surface area contributed by atoms with Crippen LogP contribution in [0, 0.1) is 5.82 Å². The highest BCUT2D eigenvalue weighted by atomic mass is 19.1. The Bertz CT molecular complexity index is 830. The Morgan fingerprint density at radius 2 is 1.52 bits per heavy atom. The van der Waals surface area contributed by atoms with Gasteiger partial charge in [-0.25, -0.2) is 18.8 Å². The van der Waals surface area contributed by atoms with E-state index in [4.69, 9.17) is 4.74 Å². The normalized spacial score (nSPS) is 14.3. The highest BCUT2D eigenvalue weighted by Crippen LogP contribution is 2.25. The molecule has 0 spiro atoms. The summed E-state index contributed by atoms with van der Waals surface area (Å²) >= 11 is 0. The van der Waals surface area contributed by atoms with E-state index in [-0.39, 0.29) is 22.8 Å². The van der Waals surface area contributed by atoms with Crippen LogP contribution in [0.15, 0.2) is 17.7 Å². The van der Waals surface area contributed by atoms with E-state index in [0.717, 1.165) is 18.7 Å². The van der Waals surface area contributed by atoms with Crippen LogP contribution in [-0.2, 0) is 14.2 Å². The Morgan fingerprint density at radius 1 is 1.00 bits per heavy atom. The van der Waals surface area contributed by atoms with Gasteiger partial charge in [-0.2, -0.15) is 0 Å². The zero-order valence-electron chi connectivity index (χ0n) is 17.3. The smallest absolute Gasteiger partial charge is 0.410 e. The molecule has 8 heteroatoms. The molecule has 1 aromatic carbocycles. The summed E-state index contributed by atoms with van der Waals surface area (Å²) in [4.78, 5) is 37.6. The first kappa shape index (κ1) is 22.4. The van der Waals surface area contributed by atoms with Gasteiger partial charge in [0.2, 0.25) is 0 Å². The Morgan fingerprint density at radius 3 is 2.00 bits per heavy atom. The number of carbonyl (C=O) groups is 3. The van der Waals surface area contributed by atoms with E-state index in [1.807, 2.05) is 0 Å². The van der Waals surface area contributed by atoms with Crippen molar-refractivity contribution in [2.75, 3.05) is 27.3 Å². The minimum atomic E-state index is -0.825. The summed E-state index contributed by atoms with van der Waals surface area (Å²) in [6.45, 7) is 6.32. The maximum absolute atomic E-state index is 14.6. The van der Waals surface area contributed by atoms with E-state index in [9.17, 15) is 18.8 Å². The predicted octanol–water partition coefficient (Wildman–Crippen LogP) is 3.81. The number of hydrogen-bond acceptors (Lipinski definition) is 6. The van der Waals surface area contributed by atoms with E-state index in [1.54, 1.807) is 31.7 Å². The number of likely N-dealkylation sites (tertiary alicyclic amines) is 1. The molecule has 1 aliphatic rings. The molecule has 1 aliphatic heterocycles. The van der Waals surface area contributed by atoms with E-state index in [2.05, 4.69) is 9.47 Å². The fourth-order valence-electron chi connectivity index (χ4n) is 2.93. The number of carbonyl (C=O) groups excluding carboxylic acids is 3. The second-order valence-electron chi connectivity index (χ2n) is 7.67. The number of hydrogen-bond donors (Lipinski definition) is 0. The molecule has 29 heavy (non-hydrogen) atoms. The van der Waals surface area contributed by atoms with Gasteiger partial charge < -0.3 is 19.1 Å². The second kappa shape index (κ2) is 9.07. The molecule has 1 fully saturated rings. The molecule has 158 valence electrons. The molecule has 1 heterocycles. The molecular weight excluding hydrogens is 381 g/mol. The Hall–Kier alpha value is -2.90. The molecule has 0 radical (unpaired) electrons. The van der Waals surface area contributed by atoms with E-state index in [1.165, 1.54) is 13.2 Å². The number of halogens is 1. The van der Waals surface area contributed by atoms with Crippen molar-refractivity contribution in [2.24, 2.45) is 0 Å². The van der Waals surface area contributed by atoms with Crippen LogP contribution in [-0.4, -0.2) is 55.8 Å². The lowest BCUT2D eigenvalue weighted by molar-refractivity contribution is 0.0236. The molecule has 0 aromatic heterocycles. The van der Waals surface area contributed by atoms with Crippen LogP contribution in [0.1, 0.15) is 59.9 Å². The summed E-state index contributed by atoms with van der Waals surface area (Å²) < 4.78 is 29.2. The molecule has 1 aromatic rings. The second-order valence-corrected chi connectivity index (χ2v) is 7.67. The minimum Gasteiger partial charge on any atom is -0.465 e. The van der Waals surface area contributed by atoms with Gasteiger partial charge in [0.05, 0.1) is 25.3 Å². The van der Waals surface area contributed by atoms with Gasteiger partial charge in [-0.1, -0.05) is 11.6 Å². The number of methoxy groups -OCH3 is 2. The number of amides is 1. The average Bonchev–Trinajstić information content (AvgIpc) is 2.67. The first-order valence-electron chi connectivity index (χ1n) is 9.23. The van der Waals surface area contributed by atoms with Crippen LogP contribution >= 0.6 is 0 Å². The monoisotopic (exact) mass is 407 g/mol. The summed E-state index contributed by atoms with van der Waals surface area (Å²) in [6.07, 6.45) is 2.35. The van der Waals surface area contributed by atoms with Gasteiger partial charge in [-0.15, -0.1) is 0 Å². The van der Waals surface area contributed by atoms with Gasteiger partial charge in [0, 0.05) is 18.7 Å². The summed E-state index contributed by atoms with van der Waals surface area (Å²) in [5.41, 5.74) is 0.254. The molecule has 1 saturated heterocycles.